The van der Waals surface area contributed by atoms with Crippen molar-refractivity contribution in [3.63, 3.8) is 0 Å². The van der Waals surface area contributed by atoms with E-state index < -0.39 is 0 Å². The largest absolute Gasteiger partial charge is 0.347 e. The third-order valence-corrected chi connectivity index (χ3v) is 5.71. The van der Waals surface area contributed by atoms with E-state index in [0.717, 1.165) is 17.0 Å². The minimum atomic E-state index is -0.275. The molecule has 0 spiro atoms. The first kappa shape index (κ1) is 16.8. The smallest absolute Gasteiger partial charge is 0.261 e. The average Bonchev–Trinajstić information content (AvgIpc) is 3.24. The van der Waals surface area contributed by atoms with E-state index in [1.165, 1.54) is 34.7 Å². The summed E-state index contributed by atoms with van der Waals surface area (Å²) in [6.07, 6.45) is 1.01. The van der Waals surface area contributed by atoms with E-state index in [-0.39, 0.29) is 11.7 Å². The van der Waals surface area contributed by atoms with Gasteiger partial charge in [-0.1, -0.05) is 30.3 Å². The van der Waals surface area contributed by atoms with Gasteiger partial charge in [-0.3, -0.25) is 4.79 Å². The summed E-state index contributed by atoms with van der Waals surface area (Å²) < 4.78 is 12.9. The number of rotatable bonds is 4. The summed E-state index contributed by atoms with van der Waals surface area (Å²) in [5, 5.41) is 3.98. The highest BCUT2D eigenvalue weighted by Gasteiger charge is 2.28. The minimum absolute atomic E-state index is 0.106. The third-order valence-electron chi connectivity index (χ3n) is 4.63. The van der Waals surface area contributed by atoms with Crippen LogP contribution in [0.3, 0.4) is 0 Å². The highest BCUT2D eigenvalue weighted by molar-refractivity contribution is 7.18. The SMILES string of the molecule is C[C@H]1Cc2ccccc2N1c1ccc(C(=O)NCc2ccc(F)cc2)s1. The molecule has 0 unspecified atom stereocenters. The van der Waals surface area contributed by atoms with Crippen LogP contribution >= 0.6 is 11.3 Å². The van der Waals surface area contributed by atoms with E-state index in [4.69, 9.17) is 0 Å². The summed E-state index contributed by atoms with van der Waals surface area (Å²) in [4.78, 5) is 15.4. The van der Waals surface area contributed by atoms with E-state index >= 15 is 0 Å². The molecule has 3 aromatic rings. The number of amides is 1. The Balaban J connectivity index is 1.47. The predicted octanol–water partition coefficient (Wildman–Crippen LogP) is 4.90. The Morgan fingerprint density at radius 1 is 1.15 bits per heavy atom. The van der Waals surface area contributed by atoms with Crippen LogP contribution in [0.1, 0.15) is 27.7 Å². The fourth-order valence-corrected chi connectivity index (χ4v) is 4.39. The van der Waals surface area contributed by atoms with E-state index in [1.54, 1.807) is 12.1 Å². The molecule has 1 aliphatic heterocycles. The molecule has 1 N–H and O–H groups in total. The fourth-order valence-electron chi connectivity index (χ4n) is 3.35. The summed E-state index contributed by atoms with van der Waals surface area (Å²) in [5.41, 5.74) is 3.44. The second-order valence-electron chi connectivity index (χ2n) is 6.50. The zero-order chi connectivity index (χ0) is 18.1. The van der Waals surface area contributed by atoms with E-state index in [2.05, 4.69) is 35.3 Å². The molecule has 3 nitrogen and oxygen atoms in total. The topological polar surface area (TPSA) is 32.3 Å². The van der Waals surface area contributed by atoms with Gasteiger partial charge < -0.3 is 10.2 Å². The summed E-state index contributed by atoms with van der Waals surface area (Å²) in [5.74, 6) is -0.381. The lowest BCUT2D eigenvalue weighted by atomic mass is 10.1. The summed E-state index contributed by atoms with van der Waals surface area (Å²) in [6, 6.07) is 18.8. The second-order valence-corrected chi connectivity index (χ2v) is 7.56. The predicted molar refractivity (Wildman–Crippen MR) is 104 cm³/mol. The maximum atomic E-state index is 12.9. The number of hydrogen-bond acceptors (Lipinski definition) is 3. The van der Waals surface area contributed by atoms with Gasteiger partial charge in [0.2, 0.25) is 0 Å². The maximum absolute atomic E-state index is 12.9. The molecule has 5 heteroatoms. The first-order valence-electron chi connectivity index (χ1n) is 8.61. The summed E-state index contributed by atoms with van der Waals surface area (Å²) in [6.45, 7) is 2.59. The number of anilines is 2. The first-order valence-corrected chi connectivity index (χ1v) is 9.43. The Hall–Kier alpha value is -2.66. The van der Waals surface area contributed by atoms with Crippen molar-refractivity contribution in [2.75, 3.05) is 4.90 Å². The lowest BCUT2D eigenvalue weighted by Crippen LogP contribution is -2.23. The van der Waals surface area contributed by atoms with Gasteiger partial charge in [0.1, 0.15) is 5.82 Å². The highest BCUT2D eigenvalue weighted by Crippen LogP contribution is 2.41. The number of halogens is 1. The molecular formula is C21H19FN2OS. The fraction of sp³-hybridized carbons (Fsp3) is 0.190. The van der Waals surface area contributed by atoms with Crippen LogP contribution in [0.5, 0.6) is 0 Å². The molecule has 1 aliphatic rings. The molecule has 26 heavy (non-hydrogen) atoms. The molecule has 132 valence electrons. The Kier molecular flexibility index (Phi) is 4.47. The van der Waals surface area contributed by atoms with E-state index in [9.17, 15) is 9.18 Å². The van der Waals surface area contributed by atoms with Crippen molar-refractivity contribution in [3.8, 4) is 0 Å². The normalized spacial score (nSPS) is 15.8. The minimum Gasteiger partial charge on any atom is -0.347 e. The molecule has 0 aliphatic carbocycles. The highest BCUT2D eigenvalue weighted by atomic mass is 32.1. The van der Waals surface area contributed by atoms with Crippen LogP contribution in [0.2, 0.25) is 0 Å². The van der Waals surface area contributed by atoms with Crippen LogP contribution in [0.15, 0.2) is 60.7 Å². The second kappa shape index (κ2) is 6.92. The van der Waals surface area contributed by atoms with Crippen LogP contribution in [0, 0.1) is 5.82 Å². The van der Waals surface area contributed by atoms with Crippen molar-refractivity contribution in [3.05, 3.63) is 82.5 Å². The van der Waals surface area contributed by atoms with E-state index in [1.807, 2.05) is 18.2 Å². The number of carbonyl (C=O) groups is 1. The number of nitrogens with zero attached hydrogens (tertiary/aromatic N) is 1. The van der Waals surface area contributed by atoms with Crippen LogP contribution in [-0.4, -0.2) is 11.9 Å². The Labute approximate surface area is 156 Å². The molecule has 0 saturated heterocycles. The molecule has 0 radical (unpaired) electrons. The molecule has 1 aromatic heterocycles. The van der Waals surface area contributed by atoms with Gasteiger partial charge in [0.25, 0.3) is 5.91 Å². The lowest BCUT2D eigenvalue weighted by molar-refractivity contribution is 0.0955. The Morgan fingerprint density at radius 3 is 2.73 bits per heavy atom. The van der Waals surface area contributed by atoms with Crippen LogP contribution in [0.4, 0.5) is 15.1 Å². The quantitative estimate of drug-likeness (QED) is 0.712. The lowest BCUT2D eigenvalue weighted by Gasteiger charge is -2.22. The number of carbonyl (C=O) groups excluding carboxylic acids is 1. The maximum Gasteiger partial charge on any atom is 0.261 e. The molecule has 4 rings (SSSR count). The zero-order valence-corrected chi connectivity index (χ0v) is 15.2. The molecule has 0 fully saturated rings. The Morgan fingerprint density at radius 2 is 1.92 bits per heavy atom. The average molecular weight is 366 g/mol. The number of benzene rings is 2. The van der Waals surface area contributed by atoms with Crippen LogP contribution in [0.25, 0.3) is 0 Å². The van der Waals surface area contributed by atoms with Crippen LogP contribution < -0.4 is 10.2 Å². The molecule has 1 atom stereocenters. The molecule has 0 saturated carbocycles. The summed E-state index contributed by atoms with van der Waals surface area (Å²) in [7, 11) is 0. The van der Waals surface area contributed by atoms with E-state index in [0.29, 0.717) is 17.5 Å². The Bertz CT molecular complexity index is 935. The van der Waals surface area contributed by atoms with Gasteiger partial charge in [0.05, 0.1) is 9.88 Å². The van der Waals surface area contributed by atoms with Crippen molar-refractivity contribution in [2.45, 2.75) is 25.9 Å². The molecular weight excluding hydrogens is 347 g/mol. The van der Waals surface area contributed by atoms with Crippen LogP contribution in [-0.2, 0) is 13.0 Å². The monoisotopic (exact) mass is 366 g/mol. The van der Waals surface area contributed by atoms with Gasteiger partial charge in [0.15, 0.2) is 0 Å². The number of fused-ring (bicyclic) bond motifs is 1. The molecule has 2 aromatic carbocycles. The van der Waals surface area contributed by atoms with Crippen molar-refractivity contribution in [2.24, 2.45) is 0 Å². The van der Waals surface area contributed by atoms with Gasteiger partial charge >= 0.3 is 0 Å². The standard InChI is InChI=1S/C21H19FN2OS/c1-14-12-16-4-2-3-5-18(16)24(14)20-11-10-19(26-20)21(25)23-13-15-6-8-17(22)9-7-15/h2-11,14H,12-13H2,1H3,(H,23,25)/t14-/m0/s1. The number of hydrogen-bond donors (Lipinski definition) is 1. The number of thiophene rings is 1. The third kappa shape index (κ3) is 3.22. The van der Waals surface area contributed by atoms with Crippen molar-refractivity contribution in [1.82, 2.24) is 5.32 Å². The summed E-state index contributed by atoms with van der Waals surface area (Å²) >= 11 is 1.50. The van der Waals surface area contributed by atoms with Gasteiger partial charge in [-0.25, -0.2) is 4.39 Å². The zero-order valence-electron chi connectivity index (χ0n) is 14.4. The number of para-hydroxylation sites is 1. The number of nitrogens with one attached hydrogen (secondary N) is 1. The molecule has 0 bridgehead atoms. The molecule has 2 heterocycles. The van der Waals surface area contributed by atoms with Gasteiger partial charge in [-0.2, -0.15) is 0 Å². The van der Waals surface area contributed by atoms with Crippen molar-refractivity contribution >= 4 is 27.9 Å². The van der Waals surface area contributed by atoms with Crippen molar-refractivity contribution in [1.29, 1.82) is 0 Å². The van der Waals surface area contributed by atoms with Gasteiger partial charge in [-0.15, -0.1) is 11.3 Å². The van der Waals surface area contributed by atoms with Gasteiger partial charge in [0, 0.05) is 18.3 Å². The van der Waals surface area contributed by atoms with Crippen molar-refractivity contribution < 1.29 is 9.18 Å². The molecule has 1 amide bonds. The first-order chi connectivity index (χ1) is 12.6. The van der Waals surface area contributed by atoms with Gasteiger partial charge in [-0.05, 0) is 54.8 Å².